The third kappa shape index (κ3) is 2.02. The minimum absolute atomic E-state index is 0.388. The molecule has 2 fully saturated rings. The molecule has 2 aliphatic rings. The highest BCUT2D eigenvalue weighted by molar-refractivity contribution is 5.05. The van der Waals surface area contributed by atoms with Crippen molar-refractivity contribution in [3.8, 4) is 0 Å². The van der Waals surface area contributed by atoms with Gasteiger partial charge in [0.2, 0.25) is 0 Å². The Morgan fingerprint density at radius 3 is 2.50 bits per heavy atom. The molecule has 1 unspecified atom stereocenters. The molecule has 2 rings (SSSR count). The van der Waals surface area contributed by atoms with Crippen molar-refractivity contribution in [2.75, 3.05) is 19.6 Å². The predicted octanol–water partition coefficient (Wildman–Crippen LogP) is 2.48. The summed E-state index contributed by atoms with van der Waals surface area (Å²) >= 11 is 0. The topological polar surface area (TPSA) is 29.3 Å². The zero-order chi connectivity index (χ0) is 11.8. The standard InChI is InChI=1S/C14H28N2/c1-4-12-5-6-16(9-12)14(10-15)7-13(8-14)11(2)3/h11-13H,4-10,15H2,1-3H3. The molecule has 2 N–H and O–H groups in total. The van der Waals surface area contributed by atoms with E-state index in [1.165, 1.54) is 38.8 Å². The van der Waals surface area contributed by atoms with Crippen LogP contribution in [-0.2, 0) is 0 Å². The van der Waals surface area contributed by atoms with E-state index in [0.717, 1.165) is 24.3 Å². The fraction of sp³-hybridized carbons (Fsp3) is 1.00. The summed E-state index contributed by atoms with van der Waals surface area (Å²) in [6.07, 6.45) is 5.42. The first-order chi connectivity index (χ1) is 7.61. The van der Waals surface area contributed by atoms with E-state index in [1.54, 1.807) is 0 Å². The quantitative estimate of drug-likeness (QED) is 0.795. The molecular formula is C14H28N2. The van der Waals surface area contributed by atoms with Crippen molar-refractivity contribution in [2.45, 2.75) is 52.0 Å². The number of nitrogens with two attached hydrogens (primary N) is 1. The molecule has 0 bridgehead atoms. The van der Waals surface area contributed by atoms with E-state index >= 15 is 0 Å². The fourth-order valence-corrected chi connectivity index (χ4v) is 3.54. The van der Waals surface area contributed by atoms with Gasteiger partial charge in [-0.05, 0) is 43.6 Å². The van der Waals surface area contributed by atoms with Crippen LogP contribution in [-0.4, -0.2) is 30.1 Å². The number of hydrogen-bond acceptors (Lipinski definition) is 2. The molecule has 0 aromatic heterocycles. The Hall–Kier alpha value is -0.0800. The maximum Gasteiger partial charge on any atom is 0.0337 e. The summed E-state index contributed by atoms with van der Waals surface area (Å²) in [7, 11) is 0. The summed E-state index contributed by atoms with van der Waals surface area (Å²) in [5, 5.41) is 0. The largest absolute Gasteiger partial charge is 0.329 e. The Labute approximate surface area is 101 Å². The molecule has 0 radical (unpaired) electrons. The van der Waals surface area contributed by atoms with Gasteiger partial charge in [0.1, 0.15) is 0 Å². The molecule has 1 saturated heterocycles. The summed E-state index contributed by atoms with van der Waals surface area (Å²) in [5.41, 5.74) is 6.44. The van der Waals surface area contributed by atoms with Gasteiger partial charge in [0.25, 0.3) is 0 Å². The Balaban J connectivity index is 1.92. The highest BCUT2D eigenvalue weighted by atomic mass is 15.2. The number of rotatable bonds is 4. The van der Waals surface area contributed by atoms with Crippen molar-refractivity contribution in [1.29, 1.82) is 0 Å². The van der Waals surface area contributed by atoms with Gasteiger partial charge in [0.15, 0.2) is 0 Å². The first-order valence-electron chi connectivity index (χ1n) is 7.06. The summed E-state index contributed by atoms with van der Waals surface area (Å²) in [6.45, 7) is 10.5. The molecule has 1 atom stereocenters. The maximum absolute atomic E-state index is 6.06. The van der Waals surface area contributed by atoms with Crippen LogP contribution >= 0.6 is 0 Å². The molecule has 2 nitrogen and oxygen atoms in total. The molecule has 0 spiro atoms. The van der Waals surface area contributed by atoms with E-state index < -0.39 is 0 Å². The molecule has 94 valence electrons. The minimum atomic E-state index is 0.388. The third-order valence-corrected chi connectivity index (χ3v) is 5.14. The van der Waals surface area contributed by atoms with Gasteiger partial charge in [-0.2, -0.15) is 0 Å². The Morgan fingerprint density at radius 1 is 1.38 bits per heavy atom. The summed E-state index contributed by atoms with van der Waals surface area (Å²) in [4.78, 5) is 2.71. The van der Waals surface area contributed by atoms with Gasteiger partial charge in [-0.25, -0.2) is 0 Å². The highest BCUT2D eigenvalue weighted by Gasteiger charge is 2.49. The van der Waals surface area contributed by atoms with Crippen molar-refractivity contribution < 1.29 is 0 Å². The molecular weight excluding hydrogens is 196 g/mol. The monoisotopic (exact) mass is 224 g/mol. The van der Waals surface area contributed by atoms with Crippen LogP contribution in [0.1, 0.15) is 46.5 Å². The van der Waals surface area contributed by atoms with Gasteiger partial charge in [0, 0.05) is 18.6 Å². The van der Waals surface area contributed by atoms with Crippen molar-refractivity contribution in [2.24, 2.45) is 23.5 Å². The van der Waals surface area contributed by atoms with Crippen molar-refractivity contribution in [3.63, 3.8) is 0 Å². The van der Waals surface area contributed by atoms with E-state index in [2.05, 4.69) is 25.7 Å². The lowest BCUT2D eigenvalue weighted by Crippen LogP contribution is -2.61. The number of hydrogen-bond donors (Lipinski definition) is 1. The van der Waals surface area contributed by atoms with Gasteiger partial charge in [-0.1, -0.05) is 27.2 Å². The molecule has 16 heavy (non-hydrogen) atoms. The van der Waals surface area contributed by atoms with Gasteiger partial charge in [0.05, 0.1) is 0 Å². The Bertz CT molecular complexity index is 231. The lowest BCUT2D eigenvalue weighted by molar-refractivity contribution is -0.0234. The Morgan fingerprint density at radius 2 is 2.06 bits per heavy atom. The molecule has 1 aliphatic heterocycles. The molecule has 1 aliphatic carbocycles. The normalized spacial score (nSPS) is 40.3. The first-order valence-corrected chi connectivity index (χ1v) is 7.06. The zero-order valence-corrected chi connectivity index (χ0v) is 11.2. The molecule has 1 saturated carbocycles. The lowest BCUT2D eigenvalue weighted by atomic mass is 9.63. The average Bonchev–Trinajstić information content (AvgIpc) is 2.65. The molecule has 0 aromatic rings. The number of likely N-dealkylation sites (tertiary alicyclic amines) is 1. The summed E-state index contributed by atoms with van der Waals surface area (Å²) in [5.74, 6) is 2.69. The smallest absolute Gasteiger partial charge is 0.0337 e. The predicted molar refractivity (Wildman–Crippen MR) is 69.3 cm³/mol. The van der Waals surface area contributed by atoms with E-state index in [-0.39, 0.29) is 0 Å². The van der Waals surface area contributed by atoms with E-state index in [4.69, 9.17) is 5.73 Å². The SMILES string of the molecule is CCC1CCN(C2(CN)CC(C(C)C)C2)C1. The number of nitrogens with zero attached hydrogens (tertiary/aromatic N) is 1. The van der Waals surface area contributed by atoms with Gasteiger partial charge in [-0.3, -0.25) is 4.90 Å². The van der Waals surface area contributed by atoms with Gasteiger partial charge < -0.3 is 5.73 Å². The van der Waals surface area contributed by atoms with Crippen LogP contribution in [0.4, 0.5) is 0 Å². The third-order valence-electron chi connectivity index (χ3n) is 5.14. The van der Waals surface area contributed by atoms with Crippen LogP contribution in [0.25, 0.3) is 0 Å². The second-order valence-electron chi connectivity index (χ2n) is 6.35. The highest BCUT2D eigenvalue weighted by Crippen LogP contribution is 2.47. The maximum atomic E-state index is 6.06. The fourth-order valence-electron chi connectivity index (χ4n) is 3.54. The summed E-state index contributed by atoms with van der Waals surface area (Å²) < 4.78 is 0. The van der Waals surface area contributed by atoms with Crippen molar-refractivity contribution in [3.05, 3.63) is 0 Å². The van der Waals surface area contributed by atoms with E-state index in [0.29, 0.717) is 5.54 Å². The van der Waals surface area contributed by atoms with Gasteiger partial charge >= 0.3 is 0 Å². The van der Waals surface area contributed by atoms with Crippen molar-refractivity contribution in [1.82, 2.24) is 4.90 Å². The zero-order valence-electron chi connectivity index (χ0n) is 11.2. The van der Waals surface area contributed by atoms with E-state index in [1.807, 2.05) is 0 Å². The van der Waals surface area contributed by atoms with Crippen LogP contribution in [0.3, 0.4) is 0 Å². The average molecular weight is 224 g/mol. The van der Waals surface area contributed by atoms with E-state index in [9.17, 15) is 0 Å². The second kappa shape index (κ2) is 4.66. The molecule has 1 heterocycles. The van der Waals surface area contributed by atoms with Crippen LogP contribution in [0, 0.1) is 17.8 Å². The van der Waals surface area contributed by atoms with Crippen LogP contribution in [0.15, 0.2) is 0 Å². The Kier molecular flexibility index (Phi) is 3.60. The second-order valence-corrected chi connectivity index (χ2v) is 6.35. The molecule has 0 aromatic carbocycles. The van der Waals surface area contributed by atoms with Gasteiger partial charge in [-0.15, -0.1) is 0 Å². The van der Waals surface area contributed by atoms with Crippen molar-refractivity contribution >= 4 is 0 Å². The van der Waals surface area contributed by atoms with Crippen LogP contribution in [0.5, 0.6) is 0 Å². The lowest BCUT2D eigenvalue weighted by Gasteiger charge is -2.54. The van der Waals surface area contributed by atoms with Crippen LogP contribution < -0.4 is 5.73 Å². The van der Waals surface area contributed by atoms with Crippen LogP contribution in [0.2, 0.25) is 0 Å². The molecule has 0 amide bonds. The molecule has 2 heteroatoms. The first kappa shape index (κ1) is 12.4. The summed E-state index contributed by atoms with van der Waals surface area (Å²) in [6, 6.07) is 0. The minimum Gasteiger partial charge on any atom is -0.329 e.